The molecule has 3 aromatic rings. The third-order valence-corrected chi connectivity index (χ3v) is 3.69. The fraction of sp³-hybridized carbons (Fsp3) is 0.222. The van der Waals surface area contributed by atoms with E-state index in [0.29, 0.717) is 16.8 Å². The van der Waals surface area contributed by atoms with Crippen molar-refractivity contribution in [3.05, 3.63) is 59.5 Å². The van der Waals surface area contributed by atoms with Crippen LogP contribution in [0.15, 0.2) is 42.6 Å². The zero-order valence-corrected chi connectivity index (χ0v) is 13.6. The van der Waals surface area contributed by atoms with E-state index in [4.69, 9.17) is 4.74 Å². The number of carbonyl (C=O) groups is 1. The first-order valence-electron chi connectivity index (χ1n) is 7.81. The summed E-state index contributed by atoms with van der Waals surface area (Å²) in [7, 11) is 0. The number of benzene rings is 2. The van der Waals surface area contributed by atoms with E-state index in [0.717, 1.165) is 10.9 Å². The first-order valence-corrected chi connectivity index (χ1v) is 7.81. The molecule has 0 aliphatic heterocycles. The fourth-order valence-corrected chi connectivity index (χ4v) is 2.47. The molecule has 1 heterocycles. The Bertz CT molecular complexity index is 877. The van der Waals surface area contributed by atoms with E-state index in [1.807, 2.05) is 13.0 Å². The van der Waals surface area contributed by atoms with Crippen molar-refractivity contribution < 1.29 is 19.0 Å². The molecule has 6 nitrogen and oxygen atoms in total. The molecule has 0 unspecified atom stereocenters. The van der Waals surface area contributed by atoms with Crippen LogP contribution in [0.1, 0.15) is 15.9 Å². The third-order valence-electron chi connectivity index (χ3n) is 3.69. The summed E-state index contributed by atoms with van der Waals surface area (Å²) in [5, 5.41) is 20.2. The largest absolute Gasteiger partial charge is 0.491 e. The molecular formula is C18H18FN3O3. The highest BCUT2D eigenvalue weighted by Gasteiger charge is 2.14. The quantitative estimate of drug-likeness (QED) is 0.640. The second kappa shape index (κ2) is 7.31. The Labute approximate surface area is 143 Å². The number of amides is 1. The molecule has 1 atom stereocenters. The zero-order valence-electron chi connectivity index (χ0n) is 13.6. The first kappa shape index (κ1) is 16.9. The molecule has 0 spiro atoms. The van der Waals surface area contributed by atoms with Crippen LogP contribution in [0.5, 0.6) is 5.75 Å². The number of hydrogen-bond acceptors (Lipinski definition) is 4. The Balaban J connectivity index is 1.56. The summed E-state index contributed by atoms with van der Waals surface area (Å²) in [6.07, 6.45) is 0.765. The van der Waals surface area contributed by atoms with Crippen LogP contribution in [-0.2, 0) is 0 Å². The minimum Gasteiger partial charge on any atom is -0.491 e. The highest BCUT2D eigenvalue weighted by molar-refractivity contribution is 6.05. The molecule has 7 heteroatoms. The van der Waals surface area contributed by atoms with Gasteiger partial charge in [0.15, 0.2) is 0 Å². The van der Waals surface area contributed by atoms with Gasteiger partial charge in [-0.15, -0.1) is 0 Å². The summed E-state index contributed by atoms with van der Waals surface area (Å²) >= 11 is 0. The van der Waals surface area contributed by atoms with Gasteiger partial charge >= 0.3 is 0 Å². The summed E-state index contributed by atoms with van der Waals surface area (Å²) in [5.74, 6) is -0.216. The smallest absolute Gasteiger partial charge is 0.253 e. The van der Waals surface area contributed by atoms with Gasteiger partial charge in [0.1, 0.15) is 24.3 Å². The van der Waals surface area contributed by atoms with Crippen LogP contribution in [0.3, 0.4) is 0 Å². The number of aromatic nitrogens is 2. The molecule has 0 aliphatic carbocycles. The lowest BCUT2D eigenvalue weighted by atomic mass is 10.1. The van der Waals surface area contributed by atoms with Gasteiger partial charge in [0.05, 0.1) is 17.3 Å². The van der Waals surface area contributed by atoms with E-state index in [9.17, 15) is 14.3 Å². The second-order valence-electron chi connectivity index (χ2n) is 5.78. The molecule has 1 aromatic heterocycles. The maximum atomic E-state index is 12.8. The number of rotatable bonds is 6. The molecule has 1 amide bonds. The van der Waals surface area contributed by atoms with Gasteiger partial charge in [-0.1, -0.05) is 0 Å². The fourth-order valence-electron chi connectivity index (χ4n) is 2.47. The Morgan fingerprint density at radius 1 is 1.36 bits per heavy atom. The van der Waals surface area contributed by atoms with Crippen molar-refractivity contribution in [1.29, 1.82) is 0 Å². The molecule has 3 N–H and O–H groups in total. The SMILES string of the molecule is Cc1cc(C(=O)NC[C@H](O)COc2ccc(F)cc2)c2[nH]ncc2c1. The van der Waals surface area contributed by atoms with E-state index < -0.39 is 6.10 Å². The minimum atomic E-state index is -0.893. The number of aryl methyl sites for hydroxylation is 1. The van der Waals surface area contributed by atoms with Crippen molar-refractivity contribution >= 4 is 16.8 Å². The topological polar surface area (TPSA) is 87.2 Å². The average Bonchev–Trinajstić information content (AvgIpc) is 3.06. The van der Waals surface area contributed by atoms with Crippen LogP contribution in [-0.4, -0.2) is 40.5 Å². The summed E-state index contributed by atoms with van der Waals surface area (Å²) in [5.41, 5.74) is 2.07. The van der Waals surface area contributed by atoms with E-state index in [2.05, 4.69) is 15.5 Å². The van der Waals surface area contributed by atoms with Crippen molar-refractivity contribution in [3.8, 4) is 5.75 Å². The Hall–Kier alpha value is -2.93. The van der Waals surface area contributed by atoms with Crippen LogP contribution < -0.4 is 10.1 Å². The standard InChI is InChI=1S/C18H18FN3O3/c1-11-6-12-8-21-22-17(12)16(7-11)18(24)20-9-14(23)10-25-15-4-2-13(19)3-5-15/h2-8,14,23H,9-10H2,1H3,(H,20,24)(H,21,22)/t14-/m0/s1. The molecular weight excluding hydrogens is 325 g/mol. The van der Waals surface area contributed by atoms with Crippen molar-refractivity contribution in [2.75, 3.05) is 13.2 Å². The molecule has 3 rings (SSSR count). The zero-order chi connectivity index (χ0) is 17.8. The van der Waals surface area contributed by atoms with Crippen LogP contribution in [0, 0.1) is 12.7 Å². The van der Waals surface area contributed by atoms with Gasteiger partial charge < -0.3 is 15.2 Å². The highest BCUT2D eigenvalue weighted by Crippen LogP contribution is 2.18. The number of aliphatic hydroxyl groups is 1. The van der Waals surface area contributed by atoms with Crippen LogP contribution in [0.2, 0.25) is 0 Å². The number of aliphatic hydroxyl groups excluding tert-OH is 1. The van der Waals surface area contributed by atoms with Crippen molar-refractivity contribution in [2.24, 2.45) is 0 Å². The van der Waals surface area contributed by atoms with Crippen molar-refractivity contribution in [2.45, 2.75) is 13.0 Å². The minimum absolute atomic E-state index is 0.0147. The molecule has 0 fully saturated rings. The van der Waals surface area contributed by atoms with Gasteiger partial charge in [-0.05, 0) is 48.9 Å². The van der Waals surface area contributed by atoms with Gasteiger partial charge in [-0.2, -0.15) is 5.10 Å². The van der Waals surface area contributed by atoms with Crippen molar-refractivity contribution in [1.82, 2.24) is 15.5 Å². The normalized spacial score (nSPS) is 12.1. The first-order chi connectivity index (χ1) is 12.0. The lowest BCUT2D eigenvalue weighted by Crippen LogP contribution is -2.35. The molecule has 25 heavy (non-hydrogen) atoms. The molecule has 0 saturated carbocycles. The van der Waals surface area contributed by atoms with Crippen LogP contribution >= 0.6 is 0 Å². The number of aromatic amines is 1. The number of nitrogens with zero attached hydrogens (tertiary/aromatic N) is 1. The Morgan fingerprint density at radius 2 is 2.12 bits per heavy atom. The molecule has 0 radical (unpaired) electrons. The lowest BCUT2D eigenvalue weighted by Gasteiger charge is -2.14. The van der Waals surface area contributed by atoms with Crippen LogP contribution in [0.4, 0.5) is 4.39 Å². The highest BCUT2D eigenvalue weighted by atomic mass is 19.1. The number of halogens is 1. The molecule has 2 aromatic carbocycles. The van der Waals surface area contributed by atoms with E-state index in [1.165, 1.54) is 24.3 Å². The van der Waals surface area contributed by atoms with E-state index in [-0.39, 0.29) is 24.9 Å². The van der Waals surface area contributed by atoms with Gasteiger partial charge in [-0.3, -0.25) is 9.89 Å². The average molecular weight is 343 g/mol. The monoisotopic (exact) mass is 343 g/mol. The lowest BCUT2D eigenvalue weighted by molar-refractivity contribution is 0.0844. The maximum Gasteiger partial charge on any atom is 0.253 e. The summed E-state index contributed by atoms with van der Waals surface area (Å²) in [6.45, 7) is 1.91. The van der Waals surface area contributed by atoms with Crippen LogP contribution in [0.25, 0.3) is 10.9 Å². The summed E-state index contributed by atoms with van der Waals surface area (Å²) < 4.78 is 18.2. The third kappa shape index (κ3) is 4.13. The number of H-pyrrole nitrogens is 1. The molecule has 0 bridgehead atoms. The maximum absolute atomic E-state index is 12.8. The number of carbonyl (C=O) groups excluding carboxylic acids is 1. The molecule has 130 valence electrons. The molecule has 0 aliphatic rings. The van der Waals surface area contributed by atoms with Crippen molar-refractivity contribution in [3.63, 3.8) is 0 Å². The van der Waals surface area contributed by atoms with Gasteiger partial charge in [0.2, 0.25) is 0 Å². The Morgan fingerprint density at radius 3 is 2.88 bits per heavy atom. The number of fused-ring (bicyclic) bond motifs is 1. The van der Waals surface area contributed by atoms with Gasteiger partial charge in [0.25, 0.3) is 5.91 Å². The number of hydrogen-bond donors (Lipinski definition) is 3. The number of ether oxygens (including phenoxy) is 1. The van der Waals surface area contributed by atoms with E-state index >= 15 is 0 Å². The molecule has 0 saturated heterocycles. The predicted octanol–water partition coefficient (Wildman–Crippen LogP) is 2.18. The second-order valence-corrected chi connectivity index (χ2v) is 5.78. The predicted molar refractivity (Wildman–Crippen MR) is 91.1 cm³/mol. The Kier molecular flexibility index (Phi) is 4.95. The van der Waals surface area contributed by atoms with Gasteiger partial charge in [0, 0.05) is 11.9 Å². The summed E-state index contributed by atoms with van der Waals surface area (Å²) in [6, 6.07) is 9.19. The summed E-state index contributed by atoms with van der Waals surface area (Å²) in [4.78, 5) is 12.4. The van der Waals surface area contributed by atoms with E-state index in [1.54, 1.807) is 12.3 Å². The number of nitrogens with one attached hydrogen (secondary N) is 2. The van der Waals surface area contributed by atoms with Gasteiger partial charge in [-0.25, -0.2) is 4.39 Å².